The first kappa shape index (κ1) is 19.4. The standard InChI is InChI=1S/C20H25N3O3S/c1-23(2)18-11-9-16(10-12-18)21-20(24)15-7-13-19(14-8-15)27(25,26)22-17-5-3-4-6-17/h7-14,17,22H,3-6H2,1-2H3,(H,21,24). The van der Waals surface area contributed by atoms with Crippen LogP contribution in [0.4, 0.5) is 11.4 Å². The number of anilines is 2. The predicted octanol–water partition coefficient (Wildman–Crippen LogP) is 3.23. The highest BCUT2D eigenvalue weighted by Gasteiger charge is 2.23. The first-order valence-corrected chi connectivity index (χ1v) is 10.5. The topological polar surface area (TPSA) is 78.5 Å². The zero-order chi connectivity index (χ0) is 19.4. The van der Waals surface area contributed by atoms with E-state index in [1.807, 2.05) is 43.3 Å². The van der Waals surface area contributed by atoms with Gasteiger partial charge < -0.3 is 10.2 Å². The fourth-order valence-electron chi connectivity index (χ4n) is 3.16. The van der Waals surface area contributed by atoms with Gasteiger partial charge in [0.15, 0.2) is 0 Å². The smallest absolute Gasteiger partial charge is 0.255 e. The molecule has 0 spiro atoms. The van der Waals surface area contributed by atoms with Crippen molar-refractivity contribution in [1.29, 1.82) is 0 Å². The highest BCUT2D eigenvalue weighted by molar-refractivity contribution is 7.89. The zero-order valence-corrected chi connectivity index (χ0v) is 16.4. The van der Waals surface area contributed by atoms with E-state index in [1.54, 1.807) is 0 Å². The van der Waals surface area contributed by atoms with Crippen molar-refractivity contribution in [2.45, 2.75) is 36.6 Å². The highest BCUT2D eigenvalue weighted by Crippen LogP contribution is 2.21. The molecule has 0 atom stereocenters. The third-order valence-corrected chi connectivity index (χ3v) is 6.28. The number of nitrogens with one attached hydrogen (secondary N) is 2. The number of hydrogen-bond acceptors (Lipinski definition) is 4. The lowest BCUT2D eigenvalue weighted by Gasteiger charge is -2.14. The Hall–Kier alpha value is -2.38. The summed E-state index contributed by atoms with van der Waals surface area (Å²) in [6.07, 6.45) is 3.88. The lowest BCUT2D eigenvalue weighted by Crippen LogP contribution is -2.32. The van der Waals surface area contributed by atoms with Crippen LogP contribution in [-0.2, 0) is 10.0 Å². The molecule has 0 unspecified atom stereocenters. The minimum atomic E-state index is -3.54. The van der Waals surface area contributed by atoms with Crippen LogP contribution < -0.4 is 14.9 Å². The second-order valence-corrected chi connectivity index (χ2v) is 8.74. The number of rotatable bonds is 6. The Kier molecular flexibility index (Phi) is 5.82. The summed E-state index contributed by atoms with van der Waals surface area (Å²) in [6, 6.07) is 13.5. The Morgan fingerprint density at radius 3 is 2.11 bits per heavy atom. The van der Waals surface area contributed by atoms with Crippen molar-refractivity contribution in [3.8, 4) is 0 Å². The second-order valence-electron chi connectivity index (χ2n) is 7.02. The Morgan fingerprint density at radius 1 is 0.963 bits per heavy atom. The predicted molar refractivity (Wildman–Crippen MR) is 108 cm³/mol. The van der Waals surface area contributed by atoms with E-state index in [9.17, 15) is 13.2 Å². The number of carbonyl (C=O) groups is 1. The van der Waals surface area contributed by atoms with E-state index < -0.39 is 10.0 Å². The van der Waals surface area contributed by atoms with E-state index >= 15 is 0 Å². The van der Waals surface area contributed by atoms with Crippen LogP contribution in [0.25, 0.3) is 0 Å². The van der Waals surface area contributed by atoms with Gasteiger partial charge in [0.05, 0.1) is 4.90 Å². The van der Waals surface area contributed by atoms with Crippen LogP contribution in [0.5, 0.6) is 0 Å². The molecule has 7 heteroatoms. The number of nitrogens with zero attached hydrogens (tertiary/aromatic N) is 1. The van der Waals surface area contributed by atoms with Crippen LogP contribution >= 0.6 is 0 Å². The first-order chi connectivity index (χ1) is 12.8. The number of carbonyl (C=O) groups excluding carboxylic acids is 1. The maximum absolute atomic E-state index is 12.4. The molecule has 0 saturated heterocycles. The molecule has 2 aromatic rings. The van der Waals surface area contributed by atoms with Crippen LogP contribution in [0.2, 0.25) is 0 Å². The van der Waals surface area contributed by atoms with Crippen molar-refractivity contribution >= 4 is 27.3 Å². The van der Waals surface area contributed by atoms with Crippen LogP contribution in [0, 0.1) is 0 Å². The van der Waals surface area contributed by atoms with Crippen molar-refractivity contribution in [3.05, 3.63) is 54.1 Å². The van der Waals surface area contributed by atoms with Crippen LogP contribution in [0.3, 0.4) is 0 Å². The van der Waals surface area contributed by atoms with Gasteiger partial charge in [0.2, 0.25) is 10.0 Å². The number of sulfonamides is 1. The van der Waals surface area contributed by atoms with Crippen LogP contribution in [0.1, 0.15) is 36.0 Å². The van der Waals surface area contributed by atoms with E-state index in [0.29, 0.717) is 11.3 Å². The molecule has 27 heavy (non-hydrogen) atoms. The van der Waals surface area contributed by atoms with E-state index in [2.05, 4.69) is 10.0 Å². The van der Waals surface area contributed by atoms with E-state index in [4.69, 9.17) is 0 Å². The number of amides is 1. The molecule has 1 fully saturated rings. The summed E-state index contributed by atoms with van der Waals surface area (Å²) in [7, 11) is 0.354. The highest BCUT2D eigenvalue weighted by atomic mass is 32.2. The third kappa shape index (κ3) is 4.87. The summed E-state index contributed by atoms with van der Waals surface area (Å²) in [5.74, 6) is -0.277. The van der Waals surface area contributed by atoms with Gasteiger partial charge in [-0.15, -0.1) is 0 Å². The normalized spacial score (nSPS) is 14.9. The van der Waals surface area contributed by atoms with Gasteiger partial charge in [0.1, 0.15) is 0 Å². The van der Waals surface area contributed by atoms with Gasteiger partial charge in [-0.05, 0) is 61.4 Å². The molecule has 144 valence electrons. The Bertz CT molecular complexity index is 885. The molecular weight excluding hydrogens is 362 g/mol. The monoisotopic (exact) mass is 387 g/mol. The minimum absolute atomic E-state index is 0.0168. The molecule has 3 rings (SSSR count). The quantitative estimate of drug-likeness (QED) is 0.798. The Morgan fingerprint density at radius 2 is 1.56 bits per heavy atom. The molecule has 0 radical (unpaired) electrons. The van der Waals surface area contributed by atoms with Gasteiger partial charge in [-0.2, -0.15) is 0 Å². The summed E-state index contributed by atoms with van der Waals surface area (Å²) in [6.45, 7) is 0. The summed E-state index contributed by atoms with van der Waals surface area (Å²) < 4.78 is 27.6. The van der Waals surface area contributed by atoms with Crippen molar-refractivity contribution in [3.63, 3.8) is 0 Å². The molecule has 0 aliphatic heterocycles. The fourth-order valence-corrected chi connectivity index (χ4v) is 4.47. The summed E-state index contributed by atoms with van der Waals surface area (Å²) in [5.41, 5.74) is 2.13. The Balaban J connectivity index is 1.66. The molecule has 6 nitrogen and oxygen atoms in total. The van der Waals surface area contributed by atoms with Crippen LogP contribution in [0.15, 0.2) is 53.4 Å². The van der Waals surface area contributed by atoms with E-state index in [1.165, 1.54) is 24.3 Å². The van der Waals surface area contributed by atoms with E-state index in [0.717, 1.165) is 31.4 Å². The van der Waals surface area contributed by atoms with Crippen LogP contribution in [-0.4, -0.2) is 34.5 Å². The molecule has 1 amide bonds. The SMILES string of the molecule is CN(C)c1ccc(NC(=O)c2ccc(S(=O)(=O)NC3CCCC3)cc2)cc1. The van der Waals surface area contributed by atoms with Crippen molar-refractivity contribution in [1.82, 2.24) is 4.72 Å². The maximum atomic E-state index is 12.4. The third-order valence-electron chi connectivity index (χ3n) is 4.75. The average molecular weight is 388 g/mol. The fraction of sp³-hybridized carbons (Fsp3) is 0.350. The number of hydrogen-bond donors (Lipinski definition) is 2. The van der Waals surface area contributed by atoms with Gasteiger partial charge in [0, 0.05) is 37.1 Å². The minimum Gasteiger partial charge on any atom is -0.378 e. The van der Waals surface area contributed by atoms with Gasteiger partial charge >= 0.3 is 0 Å². The summed E-state index contributed by atoms with van der Waals surface area (Å²) in [4.78, 5) is 14.5. The zero-order valence-electron chi connectivity index (χ0n) is 15.6. The van der Waals surface area contributed by atoms with Crippen molar-refractivity contribution in [2.24, 2.45) is 0 Å². The average Bonchev–Trinajstić information content (AvgIpc) is 3.14. The molecule has 2 N–H and O–H groups in total. The summed E-state index contributed by atoms with van der Waals surface area (Å²) in [5, 5.41) is 2.82. The largest absolute Gasteiger partial charge is 0.378 e. The van der Waals surface area contributed by atoms with Crippen molar-refractivity contribution in [2.75, 3.05) is 24.3 Å². The molecular formula is C20H25N3O3S. The molecule has 1 saturated carbocycles. The van der Waals surface area contributed by atoms with Gasteiger partial charge in [-0.3, -0.25) is 4.79 Å². The second kappa shape index (κ2) is 8.10. The molecule has 0 bridgehead atoms. The first-order valence-electron chi connectivity index (χ1n) is 9.06. The Labute approximate surface area is 160 Å². The molecule has 0 aromatic heterocycles. The molecule has 0 heterocycles. The maximum Gasteiger partial charge on any atom is 0.255 e. The lowest BCUT2D eigenvalue weighted by molar-refractivity contribution is 0.102. The van der Waals surface area contributed by atoms with Gasteiger partial charge in [0.25, 0.3) is 5.91 Å². The van der Waals surface area contributed by atoms with Gasteiger partial charge in [-0.1, -0.05) is 12.8 Å². The molecule has 2 aromatic carbocycles. The molecule has 1 aliphatic carbocycles. The number of benzene rings is 2. The van der Waals surface area contributed by atoms with Gasteiger partial charge in [-0.25, -0.2) is 13.1 Å². The lowest BCUT2D eigenvalue weighted by atomic mass is 10.2. The summed E-state index contributed by atoms with van der Waals surface area (Å²) >= 11 is 0. The molecule has 1 aliphatic rings. The van der Waals surface area contributed by atoms with Crippen molar-refractivity contribution < 1.29 is 13.2 Å². The van der Waals surface area contributed by atoms with E-state index in [-0.39, 0.29) is 16.8 Å².